The minimum atomic E-state index is -0.999. The summed E-state index contributed by atoms with van der Waals surface area (Å²) in [7, 11) is 0. The molecule has 0 spiro atoms. The summed E-state index contributed by atoms with van der Waals surface area (Å²) in [4.78, 5) is 35.8. The molecule has 0 aliphatic carbocycles. The lowest BCUT2D eigenvalue weighted by Crippen LogP contribution is -2.25. The predicted molar refractivity (Wildman–Crippen MR) is 77.1 cm³/mol. The van der Waals surface area contributed by atoms with E-state index in [9.17, 15) is 14.4 Å². The minimum Gasteiger partial charge on any atom is -0.481 e. The Morgan fingerprint density at radius 1 is 1.30 bits per heavy atom. The molecule has 0 saturated carbocycles. The Hall–Kier alpha value is -1.69. The van der Waals surface area contributed by atoms with E-state index in [0.29, 0.717) is 16.6 Å². The predicted octanol–water partition coefficient (Wildman–Crippen LogP) is 2.41. The fourth-order valence-corrected chi connectivity index (χ4v) is 2.92. The van der Waals surface area contributed by atoms with E-state index in [0.717, 1.165) is 17.7 Å². The summed E-state index contributed by atoms with van der Waals surface area (Å²) in [5.41, 5.74) is 2.19. The van der Waals surface area contributed by atoms with Crippen LogP contribution in [-0.4, -0.2) is 29.3 Å². The summed E-state index contributed by atoms with van der Waals surface area (Å²) < 4.78 is 0.650. The van der Waals surface area contributed by atoms with Crippen LogP contribution in [0.2, 0.25) is 0 Å². The minimum absolute atomic E-state index is 0.0488. The van der Waals surface area contributed by atoms with E-state index in [1.54, 1.807) is 11.0 Å². The number of carbonyl (C=O) groups is 3. The molecule has 0 unspecified atom stereocenters. The maximum absolute atomic E-state index is 12.0. The second-order valence-corrected chi connectivity index (χ2v) is 5.55. The van der Waals surface area contributed by atoms with Crippen LogP contribution < -0.4 is 4.90 Å². The van der Waals surface area contributed by atoms with Crippen LogP contribution in [0.15, 0.2) is 16.6 Å². The summed E-state index contributed by atoms with van der Waals surface area (Å²) >= 11 is 3.34. The van der Waals surface area contributed by atoms with Gasteiger partial charge in [0.05, 0.1) is 6.42 Å². The van der Waals surface area contributed by atoms with Crippen molar-refractivity contribution in [1.29, 1.82) is 0 Å². The standard InChI is InChI=1S/C14H14BrNO4/c1-8(17)16-5-4-9-6-11(15)10(7-12(9)16)13(18)2-3-14(19)20/h6-7H,2-5H2,1H3,(H,19,20). The molecule has 1 aromatic carbocycles. The first-order valence-electron chi connectivity index (χ1n) is 6.25. The first kappa shape index (κ1) is 14.7. The van der Waals surface area contributed by atoms with Crippen molar-refractivity contribution in [3.8, 4) is 0 Å². The zero-order valence-electron chi connectivity index (χ0n) is 11.0. The van der Waals surface area contributed by atoms with Gasteiger partial charge in [-0.05, 0) is 24.1 Å². The van der Waals surface area contributed by atoms with Crippen molar-refractivity contribution >= 4 is 39.3 Å². The molecule has 0 bridgehead atoms. The molecular weight excluding hydrogens is 326 g/mol. The van der Waals surface area contributed by atoms with E-state index >= 15 is 0 Å². The van der Waals surface area contributed by atoms with Gasteiger partial charge in [-0.3, -0.25) is 14.4 Å². The van der Waals surface area contributed by atoms with Crippen LogP contribution in [0.25, 0.3) is 0 Å². The normalized spacial score (nSPS) is 13.2. The Morgan fingerprint density at radius 3 is 2.60 bits per heavy atom. The average Bonchev–Trinajstić information content (AvgIpc) is 2.77. The van der Waals surface area contributed by atoms with Gasteiger partial charge in [0.25, 0.3) is 0 Å². The van der Waals surface area contributed by atoms with Crippen LogP contribution in [0.4, 0.5) is 5.69 Å². The van der Waals surface area contributed by atoms with Crippen molar-refractivity contribution in [2.45, 2.75) is 26.2 Å². The van der Waals surface area contributed by atoms with Crippen LogP contribution in [0, 0.1) is 0 Å². The van der Waals surface area contributed by atoms with E-state index in [1.165, 1.54) is 6.92 Å². The van der Waals surface area contributed by atoms with Gasteiger partial charge in [-0.2, -0.15) is 0 Å². The topological polar surface area (TPSA) is 74.7 Å². The number of amides is 1. The van der Waals surface area contributed by atoms with Crippen LogP contribution in [0.1, 0.15) is 35.7 Å². The number of carboxylic acids is 1. The van der Waals surface area contributed by atoms with Crippen molar-refractivity contribution in [2.75, 3.05) is 11.4 Å². The number of anilines is 1. The number of aliphatic carboxylic acids is 1. The number of Topliss-reactive ketones (excluding diaryl/α,β-unsaturated/α-hetero) is 1. The number of hydrogen-bond donors (Lipinski definition) is 1. The number of ketones is 1. The number of carboxylic acid groups (broad SMARTS) is 1. The molecule has 5 nitrogen and oxygen atoms in total. The fraction of sp³-hybridized carbons (Fsp3) is 0.357. The molecule has 1 amide bonds. The zero-order valence-corrected chi connectivity index (χ0v) is 12.6. The number of hydrogen-bond acceptors (Lipinski definition) is 3. The molecule has 0 aromatic heterocycles. The van der Waals surface area contributed by atoms with Gasteiger partial charge in [-0.1, -0.05) is 15.9 Å². The highest BCUT2D eigenvalue weighted by Crippen LogP contribution is 2.34. The van der Waals surface area contributed by atoms with Gasteiger partial charge < -0.3 is 10.0 Å². The third kappa shape index (κ3) is 2.90. The Balaban J connectivity index is 2.31. The van der Waals surface area contributed by atoms with Crippen molar-refractivity contribution in [3.63, 3.8) is 0 Å². The van der Waals surface area contributed by atoms with Crippen LogP contribution in [0.3, 0.4) is 0 Å². The van der Waals surface area contributed by atoms with Crippen LogP contribution in [-0.2, 0) is 16.0 Å². The quantitative estimate of drug-likeness (QED) is 0.854. The molecule has 0 radical (unpaired) electrons. The van der Waals surface area contributed by atoms with E-state index in [2.05, 4.69) is 15.9 Å². The molecule has 2 rings (SSSR count). The lowest BCUT2D eigenvalue weighted by atomic mass is 10.0. The maximum atomic E-state index is 12.0. The van der Waals surface area contributed by atoms with Gasteiger partial charge in [0.15, 0.2) is 5.78 Å². The molecule has 6 heteroatoms. The Labute approximate surface area is 124 Å². The average molecular weight is 340 g/mol. The zero-order chi connectivity index (χ0) is 14.9. The van der Waals surface area contributed by atoms with Gasteiger partial charge in [0.1, 0.15) is 0 Å². The van der Waals surface area contributed by atoms with E-state index in [-0.39, 0.29) is 24.5 Å². The fourth-order valence-electron chi connectivity index (χ4n) is 2.30. The highest BCUT2D eigenvalue weighted by molar-refractivity contribution is 9.10. The summed E-state index contributed by atoms with van der Waals surface area (Å²) in [6, 6.07) is 3.52. The number of halogens is 1. The van der Waals surface area contributed by atoms with Crippen molar-refractivity contribution < 1.29 is 19.5 Å². The first-order chi connectivity index (χ1) is 9.40. The molecule has 106 valence electrons. The second kappa shape index (κ2) is 5.75. The number of carbonyl (C=O) groups excluding carboxylic acids is 2. The van der Waals surface area contributed by atoms with Gasteiger partial charge >= 0.3 is 5.97 Å². The molecule has 1 aliphatic rings. The monoisotopic (exact) mass is 339 g/mol. The Bertz CT molecular complexity index is 597. The number of nitrogens with zero attached hydrogens (tertiary/aromatic N) is 1. The largest absolute Gasteiger partial charge is 0.481 e. The van der Waals surface area contributed by atoms with E-state index < -0.39 is 5.97 Å². The Kier molecular flexibility index (Phi) is 4.23. The molecule has 1 heterocycles. The van der Waals surface area contributed by atoms with E-state index in [1.807, 2.05) is 6.07 Å². The van der Waals surface area contributed by atoms with E-state index in [4.69, 9.17) is 5.11 Å². The molecule has 1 aromatic rings. The summed E-state index contributed by atoms with van der Waals surface area (Å²) in [6.45, 7) is 2.10. The van der Waals surface area contributed by atoms with Gasteiger partial charge in [0.2, 0.25) is 5.91 Å². The van der Waals surface area contributed by atoms with Gasteiger partial charge in [-0.25, -0.2) is 0 Å². The number of benzene rings is 1. The highest BCUT2D eigenvalue weighted by Gasteiger charge is 2.25. The lowest BCUT2D eigenvalue weighted by molar-refractivity contribution is -0.137. The molecule has 1 N–H and O–H groups in total. The first-order valence-corrected chi connectivity index (χ1v) is 7.05. The van der Waals surface area contributed by atoms with Crippen LogP contribution >= 0.6 is 15.9 Å². The SMILES string of the molecule is CC(=O)N1CCc2cc(Br)c(C(=O)CCC(=O)O)cc21. The highest BCUT2D eigenvalue weighted by atomic mass is 79.9. The summed E-state index contributed by atoms with van der Waals surface area (Å²) in [5.74, 6) is -1.30. The second-order valence-electron chi connectivity index (χ2n) is 4.70. The maximum Gasteiger partial charge on any atom is 0.303 e. The third-order valence-electron chi connectivity index (χ3n) is 3.31. The smallest absolute Gasteiger partial charge is 0.303 e. The van der Waals surface area contributed by atoms with Crippen molar-refractivity contribution in [1.82, 2.24) is 0 Å². The molecule has 0 atom stereocenters. The van der Waals surface area contributed by atoms with Gasteiger partial charge in [0, 0.05) is 35.6 Å². The molecule has 20 heavy (non-hydrogen) atoms. The molecule has 1 aliphatic heterocycles. The third-order valence-corrected chi connectivity index (χ3v) is 3.97. The molecule has 0 saturated heterocycles. The van der Waals surface area contributed by atoms with Crippen LogP contribution in [0.5, 0.6) is 0 Å². The summed E-state index contributed by atoms with van der Waals surface area (Å²) in [5, 5.41) is 8.63. The molecule has 0 fully saturated rings. The van der Waals surface area contributed by atoms with Gasteiger partial charge in [-0.15, -0.1) is 0 Å². The number of fused-ring (bicyclic) bond motifs is 1. The van der Waals surface area contributed by atoms with Crippen molar-refractivity contribution in [2.24, 2.45) is 0 Å². The summed E-state index contributed by atoms with van der Waals surface area (Å²) in [6.07, 6.45) is 0.517. The van der Waals surface area contributed by atoms with Crippen molar-refractivity contribution in [3.05, 3.63) is 27.7 Å². The lowest BCUT2D eigenvalue weighted by Gasteiger charge is -2.16. The number of rotatable bonds is 4. The Morgan fingerprint density at radius 2 is 2.00 bits per heavy atom. The molecular formula is C14H14BrNO4.